The molecule has 6 rings (SSSR count). The molecule has 1 fully saturated rings. The number of nitrogen functional groups attached to an aromatic ring is 1. The standard InChI is InChI=1S/C30H31ClFN5O/c31-26-18-23(9-12-27(26)33)37-29(19-3-7-22(32)8-4-19)25-11-5-20-17-21(6-10-24(20)28(25)35-37)30(38)34-13-16-36-14-1-2-15-36/h3-4,6-10,12,17-18,25,29H,1-2,5,11,13-16,33H2,(H,34,38). The predicted octanol–water partition coefficient (Wildman–Crippen LogP) is 5.41. The maximum absolute atomic E-state index is 13.8. The molecule has 0 radical (unpaired) electrons. The predicted molar refractivity (Wildman–Crippen MR) is 150 cm³/mol. The maximum atomic E-state index is 13.8. The number of anilines is 2. The third-order valence-electron chi connectivity index (χ3n) is 7.95. The van der Waals surface area contributed by atoms with Gasteiger partial charge in [-0.2, -0.15) is 5.10 Å². The fraction of sp³-hybridized carbons (Fsp3) is 0.333. The zero-order chi connectivity index (χ0) is 26.2. The minimum atomic E-state index is -0.268. The summed E-state index contributed by atoms with van der Waals surface area (Å²) in [5, 5.41) is 10.6. The third-order valence-corrected chi connectivity index (χ3v) is 8.28. The van der Waals surface area contributed by atoms with Crippen molar-refractivity contribution in [3.05, 3.63) is 93.8 Å². The van der Waals surface area contributed by atoms with Gasteiger partial charge in [0.2, 0.25) is 0 Å². The summed E-state index contributed by atoms with van der Waals surface area (Å²) in [5.41, 5.74) is 12.1. The number of hydrogen-bond acceptors (Lipinski definition) is 5. The van der Waals surface area contributed by atoms with Gasteiger partial charge in [-0.3, -0.25) is 9.80 Å². The van der Waals surface area contributed by atoms with Crippen molar-refractivity contribution in [3.63, 3.8) is 0 Å². The fourth-order valence-electron chi connectivity index (χ4n) is 5.97. The van der Waals surface area contributed by atoms with E-state index in [1.54, 1.807) is 6.07 Å². The molecule has 2 atom stereocenters. The molecule has 0 saturated carbocycles. The number of nitrogens with two attached hydrogens (primary N) is 1. The molecule has 0 spiro atoms. The Kier molecular flexibility index (Phi) is 6.80. The average molecular weight is 532 g/mol. The van der Waals surface area contributed by atoms with Crippen LogP contribution in [0.4, 0.5) is 15.8 Å². The molecule has 196 valence electrons. The van der Waals surface area contributed by atoms with Gasteiger partial charge < -0.3 is 16.0 Å². The normalized spacial score (nSPS) is 20.7. The first-order valence-corrected chi connectivity index (χ1v) is 13.7. The van der Waals surface area contributed by atoms with Gasteiger partial charge in [0.05, 0.1) is 28.2 Å². The van der Waals surface area contributed by atoms with E-state index >= 15 is 0 Å². The van der Waals surface area contributed by atoms with Crippen LogP contribution in [0.1, 0.15) is 52.4 Å². The molecular formula is C30H31ClFN5O. The Morgan fingerprint density at radius 2 is 1.87 bits per heavy atom. The van der Waals surface area contributed by atoms with E-state index in [0.717, 1.165) is 60.6 Å². The van der Waals surface area contributed by atoms with Gasteiger partial charge in [0.1, 0.15) is 5.82 Å². The van der Waals surface area contributed by atoms with Crippen LogP contribution in [0.15, 0.2) is 65.8 Å². The number of likely N-dealkylation sites (tertiary alicyclic amines) is 1. The molecule has 2 aliphatic heterocycles. The summed E-state index contributed by atoms with van der Waals surface area (Å²) in [7, 11) is 0. The Bertz CT molecular complexity index is 1390. The lowest BCUT2D eigenvalue weighted by Gasteiger charge is -2.31. The second-order valence-electron chi connectivity index (χ2n) is 10.4. The van der Waals surface area contributed by atoms with Gasteiger partial charge >= 0.3 is 0 Å². The lowest BCUT2D eigenvalue weighted by Crippen LogP contribution is -2.33. The van der Waals surface area contributed by atoms with Crippen LogP contribution in [0, 0.1) is 11.7 Å². The topological polar surface area (TPSA) is 74.0 Å². The number of hydrogen-bond donors (Lipinski definition) is 2. The summed E-state index contributed by atoms with van der Waals surface area (Å²) < 4.78 is 13.8. The van der Waals surface area contributed by atoms with Crippen molar-refractivity contribution in [2.24, 2.45) is 11.0 Å². The number of aryl methyl sites for hydroxylation is 1. The molecule has 3 aromatic rings. The largest absolute Gasteiger partial charge is 0.398 e. The van der Waals surface area contributed by atoms with Crippen LogP contribution in [0.2, 0.25) is 5.02 Å². The van der Waals surface area contributed by atoms with Crippen molar-refractivity contribution in [2.75, 3.05) is 36.9 Å². The quantitative estimate of drug-likeness (QED) is 0.417. The molecule has 1 amide bonds. The number of rotatable bonds is 6. The van der Waals surface area contributed by atoms with Crippen molar-refractivity contribution in [3.8, 4) is 0 Å². The van der Waals surface area contributed by atoms with Crippen LogP contribution in [-0.4, -0.2) is 42.7 Å². The summed E-state index contributed by atoms with van der Waals surface area (Å²) in [6.07, 6.45) is 4.19. The number of nitrogens with zero attached hydrogens (tertiary/aromatic N) is 3. The van der Waals surface area contributed by atoms with E-state index in [1.165, 1.54) is 25.0 Å². The summed E-state index contributed by atoms with van der Waals surface area (Å²) in [5.74, 6) is -0.190. The number of fused-ring (bicyclic) bond motifs is 3. The van der Waals surface area contributed by atoms with E-state index in [1.807, 2.05) is 47.5 Å². The minimum Gasteiger partial charge on any atom is -0.398 e. The van der Waals surface area contributed by atoms with Crippen LogP contribution in [0.3, 0.4) is 0 Å². The van der Waals surface area contributed by atoms with E-state index in [0.29, 0.717) is 22.8 Å². The lowest BCUT2D eigenvalue weighted by molar-refractivity contribution is 0.0949. The second-order valence-corrected chi connectivity index (χ2v) is 10.8. The summed E-state index contributed by atoms with van der Waals surface area (Å²) >= 11 is 6.37. The number of amides is 1. The summed E-state index contributed by atoms with van der Waals surface area (Å²) in [6, 6.07) is 18.0. The molecular weight excluding hydrogens is 501 g/mol. The van der Waals surface area contributed by atoms with E-state index < -0.39 is 0 Å². The van der Waals surface area contributed by atoms with Gasteiger partial charge in [0, 0.05) is 30.1 Å². The molecule has 38 heavy (non-hydrogen) atoms. The molecule has 3 N–H and O–H groups in total. The van der Waals surface area contributed by atoms with Crippen molar-refractivity contribution < 1.29 is 9.18 Å². The summed E-state index contributed by atoms with van der Waals surface area (Å²) in [6.45, 7) is 3.79. The van der Waals surface area contributed by atoms with Gasteiger partial charge in [0.15, 0.2) is 0 Å². The fourth-order valence-corrected chi connectivity index (χ4v) is 6.14. The number of carbonyl (C=O) groups excluding carboxylic acids is 1. The number of benzene rings is 3. The molecule has 1 saturated heterocycles. The number of hydrazone groups is 1. The number of halogens is 2. The van der Waals surface area contributed by atoms with Crippen LogP contribution in [-0.2, 0) is 6.42 Å². The first-order valence-electron chi connectivity index (χ1n) is 13.3. The highest BCUT2D eigenvalue weighted by Gasteiger charge is 2.42. The monoisotopic (exact) mass is 531 g/mol. The van der Waals surface area contributed by atoms with Crippen molar-refractivity contribution in [1.82, 2.24) is 10.2 Å². The smallest absolute Gasteiger partial charge is 0.251 e. The molecule has 0 bridgehead atoms. The Morgan fingerprint density at radius 1 is 1.08 bits per heavy atom. The summed E-state index contributed by atoms with van der Waals surface area (Å²) in [4.78, 5) is 15.3. The SMILES string of the molecule is Nc1ccc(N2N=C3c4ccc(C(=O)NCCN5CCCC5)cc4CCC3C2c2ccc(F)cc2)cc1Cl. The highest BCUT2D eigenvalue weighted by Crippen LogP contribution is 2.46. The molecule has 1 aliphatic carbocycles. The molecule has 3 aliphatic rings. The van der Waals surface area contributed by atoms with E-state index in [2.05, 4.69) is 10.2 Å². The lowest BCUT2D eigenvalue weighted by atomic mass is 9.77. The Hall–Kier alpha value is -3.42. The van der Waals surface area contributed by atoms with Crippen LogP contribution in [0.5, 0.6) is 0 Å². The van der Waals surface area contributed by atoms with Gasteiger partial charge in [0.25, 0.3) is 5.91 Å². The highest BCUT2D eigenvalue weighted by atomic mass is 35.5. The second kappa shape index (κ2) is 10.4. The highest BCUT2D eigenvalue weighted by molar-refractivity contribution is 6.33. The first kappa shape index (κ1) is 24.9. The Morgan fingerprint density at radius 3 is 2.63 bits per heavy atom. The molecule has 6 nitrogen and oxygen atoms in total. The van der Waals surface area contributed by atoms with Crippen LogP contribution in [0.25, 0.3) is 0 Å². The average Bonchev–Trinajstić information content (AvgIpc) is 3.58. The first-order chi connectivity index (χ1) is 18.5. The zero-order valence-corrected chi connectivity index (χ0v) is 21.9. The van der Waals surface area contributed by atoms with Gasteiger partial charge in [-0.15, -0.1) is 0 Å². The number of carbonyl (C=O) groups is 1. The molecule has 0 aromatic heterocycles. The Balaban J connectivity index is 1.28. The van der Waals surface area contributed by atoms with Crippen molar-refractivity contribution in [1.29, 1.82) is 0 Å². The molecule has 2 unspecified atom stereocenters. The Labute approximate surface area is 227 Å². The van der Waals surface area contributed by atoms with Crippen molar-refractivity contribution in [2.45, 2.75) is 31.7 Å². The van der Waals surface area contributed by atoms with Gasteiger partial charge in [-0.1, -0.05) is 29.8 Å². The van der Waals surface area contributed by atoms with E-state index in [-0.39, 0.29) is 23.7 Å². The van der Waals surface area contributed by atoms with Gasteiger partial charge in [-0.05, 0) is 92.4 Å². The van der Waals surface area contributed by atoms with Gasteiger partial charge in [-0.25, -0.2) is 4.39 Å². The maximum Gasteiger partial charge on any atom is 0.251 e. The zero-order valence-electron chi connectivity index (χ0n) is 21.2. The molecule has 3 aromatic carbocycles. The van der Waals surface area contributed by atoms with E-state index in [9.17, 15) is 9.18 Å². The third kappa shape index (κ3) is 4.76. The minimum absolute atomic E-state index is 0.0372. The van der Waals surface area contributed by atoms with Crippen LogP contribution < -0.4 is 16.1 Å². The van der Waals surface area contributed by atoms with Crippen molar-refractivity contribution >= 4 is 34.6 Å². The number of nitrogens with one attached hydrogen (secondary N) is 1. The molecule has 2 heterocycles. The van der Waals surface area contributed by atoms with E-state index in [4.69, 9.17) is 22.4 Å². The van der Waals surface area contributed by atoms with Crippen LogP contribution >= 0.6 is 11.6 Å². The molecule has 8 heteroatoms.